The van der Waals surface area contributed by atoms with Gasteiger partial charge in [-0.05, 0) is 39.8 Å². The van der Waals surface area contributed by atoms with Crippen molar-refractivity contribution in [1.29, 1.82) is 0 Å². The highest BCUT2D eigenvalue weighted by Crippen LogP contribution is 2.35. The summed E-state index contributed by atoms with van der Waals surface area (Å²) in [5.74, 6) is 2.36. The maximum atomic E-state index is 10.3. The van der Waals surface area contributed by atoms with Crippen LogP contribution in [0, 0.1) is 27.7 Å². The highest BCUT2D eigenvalue weighted by molar-refractivity contribution is 5.30. The zero-order valence-electron chi connectivity index (χ0n) is 18.8. The number of nitrogens with zero attached hydrogens (tertiary/aromatic N) is 2. The number of rotatable bonds is 5. The minimum Gasteiger partial charge on any atom is -0.472 e. The molecule has 4 heterocycles. The number of aromatic nitrogens is 2. The molecule has 0 radical (unpaired) electrons. The van der Waals surface area contributed by atoms with Crippen LogP contribution in [0.4, 0.5) is 0 Å². The maximum absolute atomic E-state index is 10.3. The van der Waals surface area contributed by atoms with E-state index < -0.39 is 11.2 Å². The minimum atomic E-state index is -1.20. The van der Waals surface area contributed by atoms with Gasteiger partial charge in [0.25, 0.3) is 0 Å². The van der Waals surface area contributed by atoms with Gasteiger partial charge >= 0.3 is 0 Å². The molecule has 0 aliphatic heterocycles. The van der Waals surface area contributed by atoms with Crippen LogP contribution in [0.3, 0.4) is 0 Å². The third-order valence-electron chi connectivity index (χ3n) is 5.25. The van der Waals surface area contributed by atoms with E-state index in [4.69, 9.17) is 22.4 Å². The second-order valence-corrected chi connectivity index (χ2v) is 7.63. The quantitative estimate of drug-likeness (QED) is 0.476. The molecular formula is C23H28N2O6. The summed E-state index contributed by atoms with van der Waals surface area (Å²) in [6.45, 7) is 10.9. The summed E-state index contributed by atoms with van der Waals surface area (Å²) in [7, 11) is 1.64. The molecule has 0 saturated carbocycles. The molecule has 4 rings (SSSR count). The summed E-state index contributed by atoms with van der Waals surface area (Å²) in [5.41, 5.74) is 1.24. The molecule has 0 saturated heterocycles. The zero-order valence-corrected chi connectivity index (χ0v) is 18.8. The van der Waals surface area contributed by atoms with Crippen molar-refractivity contribution < 1.29 is 27.5 Å². The molecule has 31 heavy (non-hydrogen) atoms. The summed E-state index contributed by atoms with van der Waals surface area (Å²) in [6, 6.07) is 3.57. The molecule has 0 fully saturated rings. The predicted molar refractivity (Wildman–Crippen MR) is 112 cm³/mol. The topological polar surface area (TPSA) is 108 Å². The van der Waals surface area contributed by atoms with Gasteiger partial charge in [0, 0.05) is 32.1 Å². The lowest BCUT2D eigenvalue weighted by Crippen LogP contribution is -2.25. The Morgan fingerprint density at radius 2 is 1.29 bits per heavy atom. The van der Waals surface area contributed by atoms with Gasteiger partial charge < -0.3 is 27.5 Å². The van der Waals surface area contributed by atoms with Crippen molar-refractivity contribution in [3.05, 3.63) is 83.0 Å². The van der Waals surface area contributed by atoms with Gasteiger partial charge in [-0.25, -0.2) is 9.97 Å². The van der Waals surface area contributed by atoms with Crippen LogP contribution in [0.5, 0.6) is 0 Å². The number of hydrogen-bond acceptors (Lipinski definition) is 8. The smallest absolute Gasteiger partial charge is 0.191 e. The predicted octanol–water partition coefficient (Wildman–Crippen LogP) is 4.93. The fourth-order valence-corrected chi connectivity index (χ4v) is 3.51. The van der Waals surface area contributed by atoms with Gasteiger partial charge in [0.2, 0.25) is 0 Å². The van der Waals surface area contributed by atoms with Crippen molar-refractivity contribution in [2.45, 2.75) is 52.7 Å². The summed E-state index contributed by atoms with van der Waals surface area (Å²) < 4.78 is 26.6. The van der Waals surface area contributed by atoms with Crippen molar-refractivity contribution in [3.8, 4) is 0 Å². The summed E-state index contributed by atoms with van der Waals surface area (Å²) in [6.07, 6.45) is 6.28. The van der Waals surface area contributed by atoms with Gasteiger partial charge in [-0.15, -0.1) is 0 Å². The lowest BCUT2D eigenvalue weighted by molar-refractivity contribution is 0.0187. The van der Waals surface area contributed by atoms with Crippen LogP contribution < -0.4 is 0 Å². The molecule has 0 aromatic carbocycles. The first kappa shape index (κ1) is 22.6. The third-order valence-corrected chi connectivity index (χ3v) is 5.25. The van der Waals surface area contributed by atoms with Crippen LogP contribution in [0.2, 0.25) is 0 Å². The number of furan rings is 2. The van der Waals surface area contributed by atoms with Gasteiger partial charge in [0.1, 0.15) is 5.60 Å². The van der Waals surface area contributed by atoms with Gasteiger partial charge in [-0.1, -0.05) is 0 Å². The van der Waals surface area contributed by atoms with Gasteiger partial charge in [-0.2, -0.15) is 0 Å². The molecular weight excluding hydrogens is 400 g/mol. The molecule has 8 nitrogen and oxygen atoms in total. The molecule has 0 bridgehead atoms. The van der Waals surface area contributed by atoms with Gasteiger partial charge in [-0.3, -0.25) is 0 Å². The van der Waals surface area contributed by atoms with E-state index >= 15 is 0 Å². The molecule has 4 aromatic heterocycles. The first-order valence-corrected chi connectivity index (χ1v) is 9.81. The molecule has 8 heteroatoms. The molecule has 2 unspecified atom stereocenters. The maximum Gasteiger partial charge on any atom is 0.191 e. The average molecular weight is 428 g/mol. The van der Waals surface area contributed by atoms with Gasteiger partial charge in [0.15, 0.2) is 28.9 Å². The number of oxazole rings is 2. The Bertz CT molecular complexity index is 1110. The SMILES string of the molecule is COC(C)(c1ccoc1)c1oc(C)nc1C.Cc1nc(C)c(C(C)(O)c2ccoc2)o1. The highest BCUT2D eigenvalue weighted by atomic mass is 16.5. The Morgan fingerprint density at radius 1 is 0.806 bits per heavy atom. The van der Waals surface area contributed by atoms with E-state index in [-0.39, 0.29) is 0 Å². The van der Waals surface area contributed by atoms with Crippen LogP contribution in [-0.4, -0.2) is 22.2 Å². The second-order valence-electron chi connectivity index (χ2n) is 7.63. The lowest BCUT2D eigenvalue weighted by Gasteiger charge is -2.24. The summed E-state index contributed by atoms with van der Waals surface area (Å²) in [5, 5.41) is 10.3. The van der Waals surface area contributed by atoms with E-state index in [0.29, 0.717) is 34.6 Å². The van der Waals surface area contributed by atoms with Crippen LogP contribution in [0.1, 0.15) is 59.7 Å². The first-order valence-electron chi connectivity index (χ1n) is 9.81. The Hall–Kier alpha value is -3.10. The van der Waals surface area contributed by atoms with Crippen molar-refractivity contribution in [2.24, 2.45) is 0 Å². The number of methoxy groups -OCH3 is 1. The molecule has 0 spiro atoms. The average Bonchev–Trinajstić information content (AvgIpc) is 3.50. The van der Waals surface area contributed by atoms with Crippen molar-refractivity contribution in [2.75, 3.05) is 7.11 Å². The normalized spacial score (nSPS) is 15.1. The Kier molecular flexibility index (Phi) is 6.24. The number of aryl methyl sites for hydroxylation is 4. The zero-order chi connectivity index (χ0) is 22.8. The largest absolute Gasteiger partial charge is 0.472 e. The summed E-state index contributed by atoms with van der Waals surface area (Å²) >= 11 is 0. The van der Waals surface area contributed by atoms with E-state index in [1.165, 1.54) is 12.5 Å². The Labute approximate surface area is 180 Å². The number of aliphatic hydroxyl groups is 1. The molecule has 0 aliphatic carbocycles. The molecule has 0 amide bonds. The van der Waals surface area contributed by atoms with E-state index in [9.17, 15) is 5.11 Å². The Balaban J connectivity index is 0.000000176. The standard InChI is InChI=1S/C12H15NO3.C11H13NO3/c1-8-11(16-9(2)13-8)12(3,14-4)10-5-6-15-7-10;1-7-10(15-8(2)12-7)11(3,13)9-4-5-14-6-9/h5-7H,1-4H3;4-6,13H,1-3H3. The van der Waals surface area contributed by atoms with Crippen LogP contribution in [0.15, 0.2) is 54.9 Å². The fraction of sp³-hybridized carbons (Fsp3) is 0.391. The van der Waals surface area contributed by atoms with Crippen LogP contribution in [0.25, 0.3) is 0 Å². The molecule has 2 atom stereocenters. The van der Waals surface area contributed by atoms with E-state index in [1.807, 2.05) is 26.8 Å². The monoisotopic (exact) mass is 428 g/mol. The van der Waals surface area contributed by atoms with Gasteiger partial charge in [0.05, 0.1) is 36.4 Å². The van der Waals surface area contributed by atoms with Crippen LogP contribution in [-0.2, 0) is 15.9 Å². The summed E-state index contributed by atoms with van der Waals surface area (Å²) in [4.78, 5) is 8.39. The van der Waals surface area contributed by atoms with Crippen molar-refractivity contribution >= 4 is 0 Å². The third kappa shape index (κ3) is 4.35. The first-order chi connectivity index (χ1) is 14.6. The van der Waals surface area contributed by atoms with Crippen molar-refractivity contribution in [1.82, 2.24) is 9.97 Å². The van der Waals surface area contributed by atoms with Crippen molar-refractivity contribution in [3.63, 3.8) is 0 Å². The van der Waals surface area contributed by atoms with E-state index in [2.05, 4.69) is 9.97 Å². The molecule has 0 aliphatic rings. The van der Waals surface area contributed by atoms with Crippen LogP contribution >= 0.6 is 0 Å². The Morgan fingerprint density at radius 3 is 1.68 bits per heavy atom. The highest BCUT2D eigenvalue weighted by Gasteiger charge is 2.36. The fourth-order valence-electron chi connectivity index (χ4n) is 3.51. The molecule has 166 valence electrons. The van der Waals surface area contributed by atoms with E-state index in [1.54, 1.807) is 46.5 Å². The molecule has 4 aromatic rings. The second kappa shape index (κ2) is 8.56. The number of hydrogen-bond donors (Lipinski definition) is 1. The number of ether oxygens (including phenoxy) is 1. The lowest BCUT2D eigenvalue weighted by atomic mass is 9.94. The molecule has 1 N–H and O–H groups in total. The minimum absolute atomic E-state index is 0.460. The van der Waals surface area contributed by atoms with E-state index in [0.717, 1.165) is 11.3 Å².